The number of hydrogen-bond acceptors (Lipinski definition) is 5. The van der Waals surface area contributed by atoms with Gasteiger partial charge in [-0.15, -0.1) is 0 Å². The van der Waals surface area contributed by atoms with Crippen molar-refractivity contribution in [3.8, 4) is 11.5 Å². The molecule has 1 atom stereocenters. The minimum Gasteiger partial charge on any atom is -0.497 e. The number of amides is 1. The molecular formula is C20H22Cl2N2O5S. The summed E-state index contributed by atoms with van der Waals surface area (Å²) in [4.78, 5) is 12.8. The summed E-state index contributed by atoms with van der Waals surface area (Å²) in [5, 5.41) is 3.54. The highest BCUT2D eigenvalue weighted by Gasteiger charge is 2.35. The lowest BCUT2D eigenvalue weighted by Crippen LogP contribution is -2.43. The molecular weight excluding hydrogens is 451 g/mol. The van der Waals surface area contributed by atoms with Crippen molar-refractivity contribution in [2.24, 2.45) is 5.92 Å². The van der Waals surface area contributed by atoms with Gasteiger partial charge in [0.2, 0.25) is 15.9 Å². The molecule has 1 heterocycles. The van der Waals surface area contributed by atoms with Gasteiger partial charge in [0.05, 0.1) is 30.8 Å². The molecule has 1 amide bonds. The fraction of sp³-hybridized carbons (Fsp3) is 0.350. The van der Waals surface area contributed by atoms with Crippen LogP contribution in [0.15, 0.2) is 41.3 Å². The van der Waals surface area contributed by atoms with Gasteiger partial charge in [-0.25, -0.2) is 8.42 Å². The Hall–Kier alpha value is -2.00. The zero-order valence-corrected chi connectivity index (χ0v) is 18.9. The first-order chi connectivity index (χ1) is 14.3. The third-order valence-corrected chi connectivity index (χ3v) is 7.37. The topological polar surface area (TPSA) is 84.9 Å². The number of carbonyl (C=O) groups is 1. The van der Waals surface area contributed by atoms with Crippen LogP contribution in [0.1, 0.15) is 12.8 Å². The molecule has 0 bridgehead atoms. The van der Waals surface area contributed by atoms with Crippen LogP contribution in [-0.4, -0.2) is 45.9 Å². The maximum atomic E-state index is 13.3. The Bertz CT molecular complexity index is 1050. The summed E-state index contributed by atoms with van der Waals surface area (Å²) in [6, 6.07) is 9.36. The Morgan fingerprint density at radius 2 is 1.90 bits per heavy atom. The SMILES string of the molecule is COc1ccc(OC)c(S(=O)(=O)N2CCC[C@@H](C(=O)Nc3ccc(Cl)cc3Cl)C2)c1. The summed E-state index contributed by atoms with van der Waals surface area (Å²) in [6.07, 6.45) is 1.12. The number of sulfonamides is 1. The molecule has 2 aromatic rings. The number of piperidine rings is 1. The van der Waals surface area contributed by atoms with Gasteiger partial charge in [0, 0.05) is 24.2 Å². The van der Waals surface area contributed by atoms with Crippen molar-refractivity contribution in [2.45, 2.75) is 17.7 Å². The number of ether oxygens (including phenoxy) is 2. The third kappa shape index (κ3) is 4.83. The highest BCUT2D eigenvalue weighted by molar-refractivity contribution is 7.89. The number of halogens is 2. The summed E-state index contributed by atoms with van der Waals surface area (Å²) in [5.74, 6) is -0.193. The highest BCUT2D eigenvalue weighted by atomic mass is 35.5. The average molecular weight is 473 g/mol. The van der Waals surface area contributed by atoms with Crippen molar-refractivity contribution in [1.29, 1.82) is 0 Å². The lowest BCUT2D eigenvalue weighted by Gasteiger charge is -2.31. The number of methoxy groups -OCH3 is 2. The van der Waals surface area contributed by atoms with E-state index < -0.39 is 15.9 Å². The number of anilines is 1. The molecule has 1 aliphatic heterocycles. The maximum absolute atomic E-state index is 13.3. The second-order valence-electron chi connectivity index (χ2n) is 6.83. The number of hydrogen-bond donors (Lipinski definition) is 1. The van der Waals surface area contributed by atoms with Crippen molar-refractivity contribution in [1.82, 2.24) is 4.31 Å². The monoisotopic (exact) mass is 472 g/mol. The van der Waals surface area contributed by atoms with Gasteiger partial charge in [-0.3, -0.25) is 4.79 Å². The number of nitrogens with one attached hydrogen (secondary N) is 1. The van der Waals surface area contributed by atoms with Crippen molar-refractivity contribution >= 4 is 44.8 Å². The van der Waals surface area contributed by atoms with Crippen LogP contribution in [0.4, 0.5) is 5.69 Å². The van der Waals surface area contributed by atoms with Gasteiger partial charge < -0.3 is 14.8 Å². The molecule has 1 aliphatic rings. The largest absolute Gasteiger partial charge is 0.497 e. The van der Waals surface area contributed by atoms with E-state index in [0.717, 1.165) is 0 Å². The molecule has 30 heavy (non-hydrogen) atoms. The first-order valence-electron chi connectivity index (χ1n) is 9.24. The van der Waals surface area contributed by atoms with Crippen LogP contribution >= 0.6 is 23.2 Å². The fourth-order valence-electron chi connectivity index (χ4n) is 3.33. The Balaban J connectivity index is 1.80. The van der Waals surface area contributed by atoms with Crippen molar-refractivity contribution in [2.75, 3.05) is 32.6 Å². The molecule has 0 aromatic heterocycles. The molecule has 0 aliphatic carbocycles. The predicted octanol–water partition coefficient (Wildman–Crippen LogP) is 4.05. The van der Waals surface area contributed by atoms with Gasteiger partial charge in [-0.1, -0.05) is 23.2 Å². The Morgan fingerprint density at radius 3 is 2.57 bits per heavy atom. The molecule has 3 rings (SSSR count). The number of carbonyl (C=O) groups excluding carboxylic acids is 1. The van der Waals surface area contributed by atoms with E-state index in [1.165, 1.54) is 30.7 Å². The van der Waals surface area contributed by atoms with Gasteiger partial charge in [-0.05, 0) is 43.2 Å². The number of rotatable bonds is 6. The van der Waals surface area contributed by atoms with Gasteiger partial charge >= 0.3 is 0 Å². The summed E-state index contributed by atoms with van der Waals surface area (Å²) in [6.45, 7) is 0.369. The van der Waals surface area contributed by atoms with E-state index in [-0.39, 0.29) is 23.1 Å². The highest BCUT2D eigenvalue weighted by Crippen LogP contribution is 2.33. The van der Waals surface area contributed by atoms with Crippen molar-refractivity contribution in [3.05, 3.63) is 46.4 Å². The summed E-state index contributed by atoms with van der Waals surface area (Å²) >= 11 is 12.0. The van der Waals surface area contributed by atoms with Crippen LogP contribution < -0.4 is 14.8 Å². The van der Waals surface area contributed by atoms with E-state index in [4.69, 9.17) is 32.7 Å². The normalized spacial score (nSPS) is 17.4. The Kier molecular flexibility index (Phi) is 7.13. The standard InChI is InChI=1S/C20H22Cl2N2O5S/c1-28-15-6-8-18(29-2)19(11-15)30(26,27)24-9-3-4-13(12-24)20(25)23-17-7-5-14(21)10-16(17)22/h5-8,10-11,13H,3-4,9,12H2,1-2H3,(H,23,25)/t13-/m1/s1. The van der Waals surface area contributed by atoms with E-state index in [2.05, 4.69) is 5.32 Å². The molecule has 0 saturated carbocycles. The minimum atomic E-state index is -3.89. The molecule has 7 nitrogen and oxygen atoms in total. The van der Waals surface area contributed by atoms with E-state index in [0.29, 0.717) is 40.9 Å². The molecule has 2 aromatic carbocycles. The zero-order valence-electron chi connectivity index (χ0n) is 16.5. The lowest BCUT2D eigenvalue weighted by molar-refractivity contribution is -0.120. The van der Waals surface area contributed by atoms with Crippen LogP contribution in [0.3, 0.4) is 0 Å². The van der Waals surface area contributed by atoms with Gasteiger partial charge in [0.1, 0.15) is 16.4 Å². The quantitative estimate of drug-likeness (QED) is 0.685. The van der Waals surface area contributed by atoms with Crippen LogP contribution in [0, 0.1) is 5.92 Å². The van der Waals surface area contributed by atoms with Gasteiger partial charge in [-0.2, -0.15) is 4.31 Å². The molecule has 1 fully saturated rings. The van der Waals surface area contributed by atoms with Crippen LogP contribution in [0.5, 0.6) is 11.5 Å². The van der Waals surface area contributed by atoms with Crippen LogP contribution in [-0.2, 0) is 14.8 Å². The molecule has 162 valence electrons. The first kappa shape index (κ1) is 22.7. The second kappa shape index (κ2) is 9.43. The molecule has 0 unspecified atom stereocenters. The van der Waals surface area contributed by atoms with E-state index >= 15 is 0 Å². The van der Waals surface area contributed by atoms with Crippen molar-refractivity contribution in [3.63, 3.8) is 0 Å². The Morgan fingerprint density at radius 1 is 1.13 bits per heavy atom. The third-order valence-electron chi connectivity index (χ3n) is 4.93. The second-order valence-corrected chi connectivity index (χ2v) is 9.58. The average Bonchev–Trinajstić information content (AvgIpc) is 2.75. The Labute approximate surface area is 185 Å². The zero-order chi connectivity index (χ0) is 21.9. The number of nitrogens with zero attached hydrogens (tertiary/aromatic N) is 1. The van der Waals surface area contributed by atoms with Crippen molar-refractivity contribution < 1.29 is 22.7 Å². The molecule has 0 radical (unpaired) electrons. The molecule has 0 spiro atoms. The molecule has 10 heteroatoms. The van der Waals surface area contributed by atoms with Crippen LogP contribution in [0.2, 0.25) is 10.0 Å². The summed E-state index contributed by atoms with van der Waals surface area (Å²) < 4.78 is 38.2. The summed E-state index contributed by atoms with van der Waals surface area (Å²) in [7, 11) is -1.02. The summed E-state index contributed by atoms with van der Waals surface area (Å²) in [5.41, 5.74) is 0.431. The van der Waals surface area contributed by atoms with Gasteiger partial charge in [0.15, 0.2) is 0 Å². The smallest absolute Gasteiger partial charge is 0.246 e. The van der Waals surface area contributed by atoms with E-state index in [1.807, 2.05) is 0 Å². The minimum absolute atomic E-state index is 0.00570. The molecule has 1 N–H and O–H groups in total. The predicted molar refractivity (Wildman–Crippen MR) is 116 cm³/mol. The van der Waals surface area contributed by atoms with Crippen LogP contribution in [0.25, 0.3) is 0 Å². The maximum Gasteiger partial charge on any atom is 0.246 e. The number of benzene rings is 2. The van der Waals surface area contributed by atoms with Gasteiger partial charge in [0.25, 0.3) is 0 Å². The lowest BCUT2D eigenvalue weighted by atomic mass is 9.99. The molecule has 1 saturated heterocycles. The van der Waals surface area contributed by atoms with E-state index in [1.54, 1.807) is 24.3 Å². The first-order valence-corrected chi connectivity index (χ1v) is 11.4. The van der Waals surface area contributed by atoms with E-state index in [9.17, 15) is 13.2 Å². The fourth-order valence-corrected chi connectivity index (χ4v) is 5.48.